The van der Waals surface area contributed by atoms with Crippen LogP contribution in [0.25, 0.3) is 0 Å². The first-order valence-electron chi connectivity index (χ1n) is 12.3. The molecule has 7 nitrogen and oxygen atoms in total. The van der Waals surface area contributed by atoms with Crippen LogP contribution in [0, 0.1) is 0 Å². The van der Waals surface area contributed by atoms with Crippen LogP contribution in [0.4, 0.5) is 5.82 Å². The molecule has 1 aliphatic carbocycles. The van der Waals surface area contributed by atoms with E-state index in [0.717, 1.165) is 80.4 Å². The smallest absolute Gasteiger partial charge is 0.222 e. The first kappa shape index (κ1) is 22.1. The maximum Gasteiger partial charge on any atom is 0.222 e. The minimum absolute atomic E-state index is 0.209. The summed E-state index contributed by atoms with van der Waals surface area (Å²) in [4.78, 5) is 27.2. The highest BCUT2D eigenvalue weighted by atomic mass is 16.5. The molecule has 3 aliphatic rings. The van der Waals surface area contributed by atoms with Crippen LogP contribution in [0.1, 0.15) is 59.0 Å². The highest BCUT2D eigenvalue weighted by molar-refractivity contribution is 5.77. The van der Waals surface area contributed by atoms with Gasteiger partial charge in [-0.15, -0.1) is 0 Å². The van der Waals surface area contributed by atoms with Crippen molar-refractivity contribution in [3.63, 3.8) is 0 Å². The number of fused-ring (bicyclic) bond motifs is 2. The monoisotopic (exact) mass is 449 g/mol. The second-order valence-electron chi connectivity index (χ2n) is 9.71. The maximum atomic E-state index is 13.0. The summed E-state index contributed by atoms with van der Waals surface area (Å²) in [6.45, 7) is 3.39. The van der Waals surface area contributed by atoms with Gasteiger partial charge in [0.15, 0.2) is 0 Å². The largest absolute Gasteiger partial charge is 0.496 e. The molecule has 0 radical (unpaired) electrons. The van der Waals surface area contributed by atoms with Gasteiger partial charge in [-0.05, 0) is 61.9 Å². The van der Waals surface area contributed by atoms with Crippen molar-refractivity contribution < 1.29 is 9.53 Å². The standard InChI is InChI=1S/C26H35N5O2/c1-27-26-21-16-30(2)11-10-22(21)28-25(29-26)20-9-12-31(15-20)24(32)8-7-19-13-17-5-4-6-18(17)14-23(19)33-3/h13-14,20H,4-12,15-16H2,1-3H3,(H,27,28,29). The van der Waals surface area contributed by atoms with Gasteiger partial charge in [0.1, 0.15) is 17.4 Å². The molecule has 176 valence electrons. The third-order valence-electron chi connectivity index (χ3n) is 7.51. The number of aryl methyl sites for hydroxylation is 3. The van der Waals surface area contributed by atoms with Crippen molar-refractivity contribution in [1.82, 2.24) is 19.8 Å². The van der Waals surface area contributed by atoms with E-state index in [1.54, 1.807) is 7.11 Å². The second-order valence-corrected chi connectivity index (χ2v) is 9.71. The summed E-state index contributed by atoms with van der Waals surface area (Å²) in [6.07, 6.45) is 6.61. The van der Waals surface area contributed by atoms with Crippen molar-refractivity contribution in [3.8, 4) is 5.75 Å². The predicted octanol–water partition coefficient (Wildman–Crippen LogP) is 2.95. The number of amides is 1. The summed E-state index contributed by atoms with van der Waals surface area (Å²) < 4.78 is 5.63. The number of hydrogen-bond acceptors (Lipinski definition) is 6. The number of carbonyl (C=O) groups excluding carboxylic acids is 1. The fourth-order valence-electron chi connectivity index (χ4n) is 5.59. The Balaban J connectivity index is 1.24. The summed E-state index contributed by atoms with van der Waals surface area (Å²) in [5, 5.41) is 3.27. The lowest BCUT2D eigenvalue weighted by Gasteiger charge is -2.26. The number of hydrogen-bond donors (Lipinski definition) is 1. The Morgan fingerprint density at radius 2 is 2.00 bits per heavy atom. The Labute approximate surface area is 196 Å². The van der Waals surface area contributed by atoms with Crippen molar-refractivity contribution in [2.45, 2.75) is 57.4 Å². The van der Waals surface area contributed by atoms with Crippen molar-refractivity contribution in [3.05, 3.63) is 45.9 Å². The molecule has 0 bridgehead atoms. The Bertz CT molecular complexity index is 1040. The molecule has 1 amide bonds. The Kier molecular flexibility index (Phi) is 6.23. The number of likely N-dealkylation sites (tertiary alicyclic amines) is 1. The molecule has 1 fully saturated rings. The zero-order chi connectivity index (χ0) is 22.9. The van der Waals surface area contributed by atoms with Gasteiger partial charge in [0.25, 0.3) is 0 Å². The summed E-state index contributed by atoms with van der Waals surface area (Å²) in [5.74, 6) is 3.18. The van der Waals surface area contributed by atoms with E-state index in [0.29, 0.717) is 13.0 Å². The number of aromatic nitrogens is 2. The molecule has 2 aliphatic heterocycles. The Morgan fingerprint density at radius 1 is 1.18 bits per heavy atom. The molecule has 3 heterocycles. The Morgan fingerprint density at radius 3 is 2.79 bits per heavy atom. The number of carbonyl (C=O) groups is 1. The van der Waals surface area contributed by atoms with E-state index in [1.807, 2.05) is 11.9 Å². The van der Waals surface area contributed by atoms with Gasteiger partial charge in [0.05, 0.1) is 12.8 Å². The molecular weight excluding hydrogens is 414 g/mol. The van der Waals surface area contributed by atoms with E-state index in [9.17, 15) is 4.79 Å². The number of methoxy groups -OCH3 is 1. The molecule has 1 N–H and O–H groups in total. The fourth-order valence-corrected chi connectivity index (χ4v) is 5.59. The van der Waals surface area contributed by atoms with Gasteiger partial charge < -0.3 is 19.9 Å². The quantitative estimate of drug-likeness (QED) is 0.731. The summed E-state index contributed by atoms with van der Waals surface area (Å²) >= 11 is 0. The first-order valence-corrected chi connectivity index (χ1v) is 12.3. The summed E-state index contributed by atoms with van der Waals surface area (Å²) in [5.41, 5.74) is 6.36. The highest BCUT2D eigenvalue weighted by Crippen LogP contribution is 2.32. The molecule has 1 unspecified atom stereocenters. The van der Waals surface area contributed by atoms with Crippen LogP contribution in [0.2, 0.25) is 0 Å². The molecular formula is C26H35N5O2. The van der Waals surface area contributed by atoms with E-state index >= 15 is 0 Å². The SMILES string of the molecule is CNc1nc(C2CCN(C(=O)CCc3cc4c(cc3OC)CCC4)C2)nc2c1CN(C)CC2. The predicted molar refractivity (Wildman–Crippen MR) is 129 cm³/mol. The fraction of sp³-hybridized carbons (Fsp3) is 0.577. The molecule has 1 aromatic heterocycles. The average molecular weight is 450 g/mol. The van der Waals surface area contributed by atoms with Gasteiger partial charge in [-0.2, -0.15) is 0 Å². The molecule has 1 aromatic carbocycles. The third kappa shape index (κ3) is 4.43. The number of nitrogens with zero attached hydrogens (tertiary/aromatic N) is 4. The lowest BCUT2D eigenvalue weighted by Crippen LogP contribution is -2.30. The van der Waals surface area contributed by atoms with E-state index in [1.165, 1.54) is 23.1 Å². The Hall–Kier alpha value is -2.67. The zero-order valence-electron chi connectivity index (χ0n) is 20.1. The number of likely N-dealkylation sites (N-methyl/N-ethyl adjacent to an activating group) is 1. The normalized spacial score (nSPS) is 20.0. The van der Waals surface area contributed by atoms with Crippen LogP contribution in [0.5, 0.6) is 5.75 Å². The second kappa shape index (κ2) is 9.29. The van der Waals surface area contributed by atoms with Crippen LogP contribution in [0.15, 0.2) is 12.1 Å². The van der Waals surface area contributed by atoms with Gasteiger partial charge in [-0.3, -0.25) is 4.79 Å². The van der Waals surface area contributed by atoms with Crippen molar-refractivity contribution >= 4 is 11.7 Å². The van der Waals surface area contributed by atoms with E-state index in [2.05, 4.69) is 29.4 Å². The number of nitrogens with one attached hydrogen (secondary N) is 1. The molecule has 1 saturated heterocycles. The van der Waals surface area contributed by atoms with Crippen LogP contribution < -0.4 is 10.1 Å². The number of anilines is 1. The van der Waals surface area contributed by atoms with Crippen molar-refractivity contribution in [2.24, 2.45) is 0 Å². The maximum absolute atomic E-state index is 13.0. The minimum Gasteiger partial charge on any atom is -0.496 e. The average Bonchev–Trinajstić information content (AvgIpc) is 3.50. The third-order valence-corrected chi connectivity index (χ3v) is 7.51. The van der Waals surface area contributed by atoms with Gasteiger partial charge in [0.2, 0.25) is 5.91 Å². The van der Waals surface area contributed by atoms with Crippen LogP contribution in [-0.4, -0.2) is 66.5 Å². The van der Waals surface area contributed by atoms with Gasteiger partial charge in [-0.1, -0.05) is 6.07 Å². The summed E-state index contributed by atoms with van der Waals surface area (Å²) in [7, 11) is 5.79. The topological polar surface area (TPSA) is 70.6 Å². The lowest BCUT2D eigenvalue weighted by atomic mass is 10.0. The van der Waals surface area contributed by atoms with Crippen molar-refractivity contribution in [2.75, 3.05) is 46.2 Å². The molecule has 7 heteroatoms. The first-order chi connectivity index (χ1) is 16.1. The number of ether oxygens (including phenoxy) is 1. The molecule has 33 heavy (non-hydrogen) atoms. The van der Waals surface area contributed by atoms with Crippen molar-refractivity contribution in [1.29, 1.82) is 0 Å². The zero-order valence-corrected chi connectivity index (χ0v) is 20.1. The van der Waals surface area contributed by atoms with Crippen LogP contribution >= 0.6 is 0 Å². The molecule has 0 saturated carbocycles. The van der Waals surface area contributed by atoms with E-state index < -0.39 is 0 Å². The van der Waals surface area contributed by atoms with E-state index in [4.69, 9.17) is 14.7 Å². The highest BCUT2D eigenvalue weighted by Gasteiger charge is 2.31. The molecule has 5 rings (SSSR count). The van der Waals surface area contributed by atoms with Crippen LogP contribution in [0.3, 0.4) is 0 Å². The number of rotatable bonds is 6. The molecule has 0 spiro atoms. The van der Waals surface area contributed by atoms with Gasteiger partial charge in [0, 0.05) is 57.5 Å². The lowest BCUT2D eigenvalue weighted by molar-refractivity contribution is -0.130. The molecule has 2 aromatic rings. The number of benzene rings is 1. The van der Waals surface area contributed by atoms with Crippen LogP contribution in [-0.2, 0) is 37.0 Å². The minimum atomic E-state index is 0.209. The van der Waals surface area contributed by atoms with E-state index in [-0.39, 0.29) is 11.8 Å². The van der Waals surface area contributed by atoms with Gasteiger partial charge in [-0.25, -0.2) is 9.97 Å². The molecule has 1 atom stereocenters. The summed E-state index contributed by atoms with van der Waals surface area (Å²) in [6, 6.07) is 4.44. The van der Waals surface area contributed by atoms with Gasteiger partial charge >= 0.3 is 0 Å².